The Balaban J connectivity index is 1.79. The van der Waals surface area contributed by atoms with Gasteiger partial charge in [-0.25, -0.2) is 0 Å². The molecule has 124 valence electrons. The number of alkyl halides is 3. The number of aryl methyl sites for hydroxylation is 1. The topological polar surface area (TPSA) is 15.3 Å². The molecular weight excluding hydrogens is 289 g/mol. The molecule has 1 fully saturated rings. The van der Waals surface area contributed by atoms with Crippen molar-refractivity contribution < 1.29 is 13.2 Å². The molecule has 22 heavy (non-hydrogen) atoms. The van der Waals surface area contributed by atoms with Gasteiger partial charge in [0, 0.05) is 12.1 Å². The molecule has 0 saturated carbocycles. The Morgan fingerprint density at radius 2 is 1.77 bits per heavy atom. The maximum absolute atomic E-state index is 12.4. The smallest absolute Gasteiger partial charge is 0.307 e. The van der Waals surface area contributed by atoms with Gasteiger partial charge in [-0.2, -0.15) is 13.2 Å². The van der Waals surface area contributed by atoms with E-state index in [-0.39, 0.29) is 6.04 Å². The minimum Gasteiger partial charge on any atom is -0.307 e. The highest BCUT2D eigenvalue weighted by Crippen LogP contribution is 2.21. The molecule has 2 rings (SSSR count). The van der Waals surface area contributed by atoms with E-state index < -0.39 is 12.7 Å². The SMILES string of the molecule is CCc1ccc(C(C)NC2CCN(CC(F)(F)F)CC2)cc1. The summed E-state index contributed by atoms with van der Waals surface area (Å²) < 4.78 is 37.1. The normalized spacial score (nSPS) is 19.3. The molecule has 1 N–H and O–H groups in total. The van der Waals surface area contributed by atoms with Gasteiger partial charge >= 0.3 is 6.18 Å². The molecule has 5 heteroatoms. The third-order valence-corrected chi connectivity index (χ3v) is 4.36. The van der Waals surface area contributed by atoms with Crippen LogP contribution >= 0.6 is 0 Å². The Hall–Kier alpha value is -1.07. The van der Waals surface area contributed by atoms with Crippen molar-refractivity contribution in [2.45, 2.75) is 51.4 Å². The van der Waals surface area contributed by atoms with Gasteiger partial charge in [0.25, 0.3) is 0 Å². The molecule has 1 aliphatic heterocycles. The van der Waals surface area contributed by atoms with Gasteiger partial charge in [0.15, 0.2) is 0 Å². The predicted molar refractivity (Wildman–Crippen MR) is 82.9 cm³/mol. The van der Waals surface area contributed by atoms with Crippen LogP contribution in [-0.4, -0.2) is 36.8 Å². The van der Waals surface area contributed by atoms with Gasteiger partial charge in [-0.15, -0.1) is 0 Å². The van der Waals surface area contributed by atoms with Gasteiger partial charge in [-0.3, -0.25) is 4.90 Å². The van der Waals surface area contributed by atoms with Gasteiger partial charge in [0.2, 0.25) is 0 Å². The quantitative estimate of drug-likeness (QED) is 0.886. The van der Waals surface area contributed by atoms with Crippen LogP contribution in [-0.2, 0) is 6.42 Å². The molecular formula is C17H25F3N2. The third kappa shape index (κ3) is 5.29. The van der Waals surface area contributed by atoms with Crippen LogP contribution < -0.4 is 5.32 Å². The summed E-state index contributed by atoms with van der Waals surface area (Å²) in [7, 11) is 0. The van der Waals surface area contributed by atoms with Crippen molar-refractivity contribution in [3.63, 3.8) is 0 Å². The van der Waals surface area contributed by atoms with Crippen LogP contribution in [0.1, 0.15) is 43.9 Å². The predicted octanol–water partition coefficient (Wildman–Crippen LogP) is 3.93. The molecule has 0 aromatic heterocycles. The summed E-state index contributed by atoms with van der Waals surface area (Å²) in [6.07, 6.45) is -1.52. The third-order valence-electron chi connectivity index (χ3n) is 4.36. The number of benzene rings is 1. The lowest BCUT2D eigenvalue weighted by Gasteiger charge is -2.34. The van der Waals surface area contributed by atoms with E-state index in [1.165, 1.54) is 16.0 Å². The molecule has 0 spiro atoms. The van der Waals surface area contributed by atoms with Crippen molar-refractivity contribution in [1.82, 2.24) is 10.2 Å². The number of nitrogens with zero attached hydrogens (tertiary/aromatic N) is 1. The van der Waals surface area contributed by atoms with E-state index in [4.69, 9.17) is 0 Å². The van der Waals surface area contributed by atoms with Crippen molar-refractivity contribution in [2.75, 3.05) is 19.6 Å². The number of hydrogen-bond acceptors (Lipinski definition) is 2. The number of likely N-dealkylation sites (tertiary alicyclic amines) is 1. The van der Waals surface area contributed by atoms with E-state index in [2.05, 4.69) is 43.4 Å². The van der Waals surface area contributed by atoms with E-state index in [0.29, 0.717) is 19.1 Å². The van der Waals surface area contributed by atoms with Crippen molar-refractivity contribution in [3.05, 3.63) is 35.4 Å². The van der Waals surface area contributed by atoms with E-state index in [1.54, 1.807) is 0 Å². The van der Waals surface area contributed by atoms with Crippen LogP contribution in [0.2, 0.25) is 0 Å². The molecule has 0 radical (unpaired) electrons. The van der Waals surface area contributed by atoms with Crippen LogP contribution in [0.4, 0.5) is 13.2 Å². The molecule has 2 nitrogen and oxygen atoms in total. The number of rotatable bonds is 5. The first kappa shape index (κ1) is 17.3. The van der Waals surface area contributed by atoms with Crippen molar-refractivity contribution in [1.29, 1.82) is 0 Å². The highest BCUT2D eigenvalue weighted by atomic mass is 19.4. The standard InChI is InChI=1S/C17H25F3N2/c1-3-14-4-6-15(7-5-14)13(2)21-16-8-10-22(11-9-16)12-17(18,19)20/h4-7,13,16,21H,3,8-12H2,1-2H3. The molecule has 1 heterocycles. The second-order valence-electron chi connectivity index (χ2n) is 6.15. The summed E-state index contributed by atoms with van der Waals surface area (Å²) in [6, 6.07) is 9.07. The summed E-state index contributed by atoms with van der Waals surface area (Å²) in [4.78, 5) is 1.50. The fourth-order valence-corrected chi connectivity index (χ4v) is 3.00. The minimum atomic E-state index is -4.09. The molecule has 1 unspecified atom stereocenters. The number of nitrogens with one attached hydrogen (secondary N) is 1. The zero-order valence-electron chi connectivity index (χ0n) is 13.3. The Labute approximate surface area is 130 Å². The van der Waals surface area contributed by atoms with Crippen LogP contribution in [0.15, 0.2) is 24.3 Å². The zero-order valence-corrected chi connectivity index (χ0v) is 13.3. The van der Waals surface area contributed by atoms with Gasteiger partial charge in [-0.05, 0) is 50.4 Å². The van der Waals surface area contributed by atoms with Crippen LogP contribution in [0, 0.1) is 0 Å². The number of hydrogen-bond donors (Lipinski definition) is 1. The molecule has 1 aliphatic rings. The molecule has 1 aromatic carbocycles. The first-order valence-electron chi connectivity index (χ1n) is 8.01. The minimum absolute atomic E-state index is 0.227. The van der Waals surface area contributed by atoms with Crippen molar-refractivity contribution in [2.24, 2.45) is 0 Å². The molecule has 0 bridgehead atoms. The van der Waals surface area contributed by atoms with E-state index in [9.17, 15) is 13.2 Å². The van der Waals surface area contributed by atoms with Crippen molar-refractivity contribution >= 4 is 0 Å². The van der Waals surface area contributed by atoms with Gasteiger partial charge in [-0.1, -0.05) is 31.2 Å². The van der Waals surface area contributed by atoms with Crippen LogP contribution in [0.5, 0.6) is 0 Å². The molecule has 1 atom stereocenters. The second kappa shape index (κ2) is 7.47. The monoisotopic (exact) mass is 314 g/mol. The summed E-state index contributed by atoms with van der Waals surface area (Å²) in [5, 5.41) is 3.55. The van der Waals surface area contributed by atoms with E-state index in [1.807, 2.05) is 0 Å². The average Bonchev–Trinajstić information content (AvgIpc) is 2.48. The van der Waals surface area contributed by atoms with Crippen LogP contribution in [0.25, 0.3) is 0 Å². The maximum Gasteiger partial charge on any atom is 0.401 e. The summed E-state index contributed by atoms with van der Waals surface area (Å²) >= 11 is 0. The lowest BCUT2D eigenvalue weighted by atomic mass is 10.0. The van der Waals surface area contributed by atoms with Crippen molar-refractivity contribution in [3.8, 4) is 0 Å². The summed E-state index contributed by atoms with van der Waals surface area (Å²) in [5.74, 6) is 0. The Kier molecular flexibility index (Phi) is 5.87. The fraction of sp³-hybridized carbons (Fsp3) is 0.647. The largest absolute Gasteiger partial charge is 0.401 e. The highest BCUT2D eigenvalue weighted by Gasteiger charge is 2.32. The highest BCUT2D eigenvalue weighted by molar-refractivity contribution is 5.24. The van der Waals surface area contributed by atoms with E-state index >= 15 is 0 Å². The number of piperidine rings is 1. The van der Waals surface area contributed by atoms with E-state index in [0.717, 1.165) is 19.3 Å². The van der Waals surface area contributed by atoms with Gasteiger partial charge < -0.3 is 5.32 Å². The second-order valence-corrected chi connectivity index (χ2v) is 6.15. The molecule has 1 aromatic rings. The molecule has 0 amide bonds. The molecule has 0 aliphatic carbocycles. The fourth-order valence-electron chi connectivity index (χ4n) is 3.00. The lowest BCUT2D eigenvalue weighted by Crippen LogP contribution is -2.46. The summed E-state index contributed by atoms with van der Waals surface area (Å²) in [5.41, 5.74) is 2.55. The number of halogens is 3. The Bertz CT molecular complexity index is 448. The van der Waals surface area contributed by atoms with Crippen LogP contribution in [0.3, 0.4) is 0 Å². The zero-order chi connectivity index (χ0) is 16.2. The van der Waals surface area contributed by atoms with Gasteiger partial charge in [0.1, 0.15) is 0 Å². The first-order chi connectivity index (χ1) is 10.4. The average molecular weight is 314 g/mol. The Morgan fingerprint density at radius 1 is 1.18 bits per heavy atom. The lowest BCUT2D eigenvalue weighted by molar-refractivity contribution is -0.148. The Morgan fingerprint density at radius 3 is 2.27 bits per heavy atom. The van der Waals surface area contributed by atoms with Gasteiger partial charge in [0.05, 0.1) is 6.54 Å². The molecule has 1 saturated heterocycles. The first-order valence-corrected chi connectivity index (χ1v) is 8.01. The maximum atomic E-state index is 12.4. The summed E-state index contributed by atoms with van der Waals surface area (Å²) in [6.45, 7) is 4.49.